The molecule has 1 fully saturated rings. The van der Waals surface area contributed by atoms with Gasteiger partial charge in [0.1, 0.15) is 46.7 Å². The molecule has 5 rings (SSSR count). The van der Waals surface area contributed by atoms with E-state index in [0.717, 1.165) is 5.56 Å². The second kappa shape index (κ2) is 18.1. The van der Waals surface area contributed by atoms with Crippen LogP contribution in [-0.4, -0.2) is 82.6 Å². The van der Waals surface area contributed by atoms with Crippen molar-refractivity contribution in [3.8, 4) is 5.75 Å². The molecule has 4 aromatic rings. The van der Waals surface area contributed by atoms with E-state index in [0.29, 0.717) is 96.8 Å². The first kappa shape index (κ1) is 37.0. The number of nitrogens with one attached hydrogen (secondary N) is 2. The topological polar surface area (TPSA) is 143 Å². The Balaban J connectivity index is 0.00000265. The van der Waals surface area contributed by atoms with Crippen molar-refractivity contribution in [2.75, 3.05) is 46.9 Å². The van der Waals surface area contributed by atoms with E-state index in [2.05, 4.69) is 24.8 Å². The Morgan fingerprint density at radius 2 is 1.69 bits per heavy atom. The van der Waals surface area contributed by atoms with Crippen molar-refractivity contribution in [2.45, 2.75) is 59.7 Å². The Hall–Kier alpha value is -4.81. The fourth-order valence-electron chi connectivity index (χ4n) is 5.71. The van der Waals surface area contributed by atoms with Crippen molar-refractivity contribution in [1.29, 1.82) is 0 Å². The molecule has 0 bridgehead atoms. The summed E-state index contributed by atoms with van der Waals surface area (Å²) in [5, 5.41) is 1.41. The summed E-state index contributed by atoms with van der Waals surface area (Å²) < 4.78 is 17.1. The molecule has 0 aliphatic carbocycles. The minimum absolute atomic E-state index is 0.0164. The van der Waals surface area contributed by atoms with Gasteiger partial charge in [-0.1, -0.05) is 56.3 Å². The number of fused-ring (bicyclic) bond motifs is 1. The summed E-state index contributed by atoms with van der Waals surface area (Å²) in [4.78, 5) is 57.9. The maximum atomic E-state index is 13.1. The normalized spacial score (nSPS) is 15.0. The van der Waals surface area contributed by atoms with Gasteiger partial charge in [0.15, 0.2) is 0 Å². The Labute approximate surface area is 286 Å². The summed E-state index contributed by atoms with van der Waals surface area (Å²) in [7, 11) is 3.15. The highest BCUT2D eigenvalue weighted by molar-refractivity contribution is 5.83. The van der Waals surface area contributed by atoms with E-state index in [1.807, 2.05) is 49.1 Å². The Bertz CT molecular complexity index is 1930. The third-order valence-corrected chi connectivity index (χ3v) is 8.48. The van der Waals surface area contributed by atoms with Crippen LogP contribution in [0.2, 0.25) is 0 Å². The fourth-order valence-corrected chi connectivity index (χ4v) is 5.71. The molecule has 1 saturated heterocycles. The van der Waals surface area contributed by atoms with Crippen molar-refractivity contribution in [3.05, 3.63) is 97.0 Å². The van der Waals surface area contributed by atoms with Crippen LogP contribution >= 0.6 is 0 Å². The van der Waals surface area contributed by atoms with Crippen molar-refractivity contribution < 1.29 is 19.0 Å². The Morgan fingerprint density at radius 1 is 0.959 bits per heavy atom. The molecule has 49 heavy (non-hydrogen) atoms. The molecule has 2 aromatic carbocycles. The number of hydrogen-bond acceptors (Lipinski definition) is 9. The van der Waals surface area contributed by atoms with Crippen LogP contribution in [0.25, 0.3) is 22.7 Å². The first-order valence-corrected chi connectivity index (χ1v) is 16.8. The van der Waals surface area contributed by atoms with Crippen molar-refractivity contribution in [2.24, 2.45) is 0 Å². The third kappa shape index (κ3) is 9.42. The van der Waals surface area contributed by atoms with Crippen LogP contribution in [0.4, 0.5) is 0 Å². The van der Waals surface area contributed by atoms with Gasteiger partial charge in [0, 0.05) is 52.7 Å². The summed E-state index contributed by atoms with van der Waals surface area (Å²) in [5.41, 5.74) is 1.00. The zero-order valence-corrected chi connectivity index (χ0v) is 29.4. The van der Waals surface area contributed by atoms with Gasteiger partial charge >= 0.3 is 0 Å². The minimum Gasteiger partial charge on any atom is -0.499 e. The van der Waals surface area contributed by atoms with Crippen LogP contribution in [0.1, 0.15) is 63.9 Å². The average Bonchev–Trinajstić information content (AvgIpc) is 3.14. The van der Waals surface area contributed by atoms with Crippen LogP contribution in [0, 0.1) is 0 Å². The minimum atomic E-state index is -0.405. The molecule has 0 saturated carbocycles. The number of hydrogen-bond donors (Lipinski definition) is 2. The molecule has 0 spiro atoms. The highest BCUT2D eigenvalue weighted by Crippen LogP contribution is 2.23. The van der Waals surface area contributed by atoms with Gasteiger partial charge < -0.3 is 29.1 Å². The Morgan fingerprint density at radius 3 is 2.37 bits per heavy atom. The number of benzene rings is 2. The summed E-state index contributed by atoms with van der Waals surface area (Å²) in [5.74, 6) is 2.01. The van der Waals surface area contributed by atoms with Crippen LogP contribution in [0.15, 0.2) is 58.1 Å². The molecule has 1 aliphatic rings. The lowest BCUT2D eigenvalue weighted by Crippen LogP contribution is -2.49. The van der Waals surface area contributed by atoms with E-state index >= 15 is 0 Å². The lowest BCUT2D eigenvalue weighted by molar-refractivity contribution is -0.133. The van der Waals surface area contributed by atoms with Gasteiger partial charge in [-0.2, -0.15) is 0 Å². The number of methoxy groups -OCH3 is 2. The van der Waals surface area contributed by atoms with Crippen LogP contribution in [-0.2, 0) is 27.3 Å². The standard InChI is InChI=1S/C35H42N6O6.C2H6/c1-5-25-31(23(2)45-3)38-33(39-34(25)43)28(46-4)16-17-40-18-20-41(21-19-40)30(42)15-14-29-36-32-26(35(44)37-29)12-9-13-27(32)47-22-24-10-7-6-8-11-24;1-2/h5-13,28H,14-22H2,1-4H3,(H,36,37,44)(H,38,39,43);1-2H3/b25-5+,31-23-;. The number of aromatic amines is 2. The third-order valence-electron chi connectivity index (χ3n) is 8.48. The molecule has 2 aromatic heterocycles. The SMILES string of the molecule is C/C=c1/c(=O)[nH]c(C(CCN2CCN(C(=O)CCc3nc4c(OCc5ccccc5)cccc4c(=O)[nH]3)CC2)OC)n/c1=C(/C)OC.CC. The predicted molar refractivity (Wildman–Crippen MR) is 191 cm³/mol. The highest BCUT2D eigenvalue weighted by atomic mass is 16.5. The number of H-pyrrole nitrogens is 2. The molecule has 1 unspecified atom stereocenters. The van der Waals surface area contributed by atoms with Gasteiger partial charge in [-0.3, -0.25) is 19.3 Å². The molecular weight excluding hydrogens is 624 g/mol. The van der Waals surface area contributed by atoms with Crippen LogP contribution in [0.5, 0.6) is 5.75 Å². The quantitative estimate of drug-likeness (QED) is 0.232. The number of para-hydroxylation sites is 1. The van der Waals surface area contributed by atoms with E-state index in [9.17, 15) is 14.4 Å². The monoisotopic (exact) mass is 672 g/mol. The molecule has 12 heteroatoms. The number of carbonyl (C=O) groups is 1. The molecule has 262 valence electrons. The summed E-state index contributed by atoms with van der Waals surface area (Å²) >= 11 is 0. The maximum absolute atomic E-state index is 13.1. The number of aromatic nitrogens is 4. The Kier molecular flexibility index (Phi) is 13.7. The summed E-state index contributed by atoms with van der Waals surface area (Å²) in [6, 6.07) is 15.1. The lowest BCUT2D eigenvalue weighted by Gasteiger charge is -2.35. The first-order chi connectivity index (χ1) is 23.8. The fraction of sp³-hybridized carbons (Fsp3) is 0.432. The largest absolute Gasteiger partial charge is 0.499 e. The van der Waals surface area contributed by atoms with Crippen molar-refractivity contribution in [3.63, 3.8) is 0 Å². The second-order valence-corrected chi connectivity index (χ2v) is 11.4. The van der Waals surface area contributed by atoms with Gasteiger partial charge in [0.2, 0.25) is 5.91 Å². The highest BCUT2D eigenvalue weighted by Gasteiger charge is 2.23. The van der Waals surface area contributed by atoms with Crippen LogP contribution in [0.3, 0.4) is 0 Å². The van der Waals surface area contributed by atoms with Gasteiger partial charge in [-0.25, -0.2) is 9.97 Å². The number of ether oxygens (including phenoxy) is 3. The summed E-state index contributed by atoms with van der Waals surface area (Å²) in [6.45, 7) is 11.3. The number of nitrogens with zero attached hydrogens (tertiary/aromatic N) is 4. The lowest BCUT2D eigenvalue weighted by atomic mass is 10.2. The van der Waals surface area contributed by atoms with Crippen molar-refractivity contribution >= 4 is 28.6 Å². The number of piperazine rings is 1. The van der Waals surface area contributed by atoms with E-state index in [1.54, 1.807) is 52.3 Å². The number of carbonyl (C=O) groups excluding carboxylic acids is 1. The molecule has 1 amide bonds. The van der Waals surface area contributed by atoms with Gasteiger partial charge in [-0.15, -0.1) is 0 Å². The molecule has 3 heterocycles. The molecule has 12 nitrogen and oxygen atoms in total. The van der Waals surface area contributed by atoms with Gasteiger partial charge in [-0.05, 0) is 38.0 Å². The molecule has 0 radical (unpaired) electrons. The van der Waals surface area contributed by atoms with Gasteiger partial charge in [0.05, 0.1) is 17.7 Å². The van der Waals surface area contributed by atoms with Crippen LogP contribution < -0.4 is 26.4 Å². The first-order valence-electron chi connectivity index (χ1n) is 16.8. The van der Waals surface area contributed by atoms with E-state index < -0.39 is 6.10 Å². The van der Waals surface area contributed by atoms with Gasteiger partial charge in [0.25, 0.3) is 11.1 Å². The molecular formula is C37H48N6O6. The zero-order chi connectivity index (χ0) is 35.3. The molecule has 1 aliphatic heterocycles. The van der Waals surface area contributed by atoms with E-state index in [-0.39, 0.29) is 23.4 Å². The summed E-state index contributed by atoms with van der Waals surface area (Å²) in [6.07, 6.45) is 2.47. The number of aryl methyl sites for hydroxylation is 1. The average molecular weight is 673 g/mol. The number of amides is 1. The maximum Gasteiger partial charge on any atom is 0.258 e. The molecule has 1 atom stereocenters. The molecule has 2 N–H and O–H groups in total. The van der Waals surface area contributed by atoms with Crippen molar-refractivity contribution in [1.82, 2.24) is 29.7 Å². The van der Waals surface area contributed by atoms with E-state index in [1.165, 1.54) is 0 Å². The zero-order valence-electron chi connectivity index (χ0n) is 29.4. The smallest absolute Gasteiger partial charge is 0.258 e. The van der Waals surface area contributed by atoms with E-state index in [4.69, 9.17) is 14.2 Å². The predicted octanol–water partition coefficient (Wildman–Crippen LogP) is 3.04. The number of rotatable bonds is 12. The second-order valence-electron chi connectivity index (χ2n) is 11.4.